The molecule has 0 spiro atoms. The lowest BCUT2D eigenvalue weighted by Crippen LogP contribution is -2.47. The highest BCUT2D eigenvalue weighted by Crippen LogP contribution is 2.30. The molecule has 8 heteroatoms. The van der Waals surface area contributed by atoms with Crippen molar-refractivity contribution in [3.63, 3.8) is 0 Å². The number of benzene rings is 1. The van der Waals surface area contributed by atoms with Crippen LogP contribution in [0.25, 0.3) is 10.2 Å². The monoisotopic (exact) mass is 465 g/mol. The van der Waals surface area contributed by atoms with Crippen LogP contribution in [-0.2, 0) is 11.2 Å². The van der Waals surface area contributed by atoms with Crippen molar-refractivity contribution in [3.8, 4) is 0 Å². The number of aromatic nitrogens is 2. The Labute approximate surface area is 197 Å². The minimum Gasteiger partial charge on any atom is -0.369 e. The van der Waals surface area contributed by atoms with Crippen molar-refractivity contribution in [1.82, 2.24) is 14.9 Å². The normalized spacial score (nSPS) is 17.0. The van der Waals surface area contributed by atoms with E-state index in [0.717, 1.165) is 58.7 Å². The molecule has 3 aromatic rings. The van der Waals surface area contributed by atoms with Crippen LogP contribution in [0.1, 0.15) is 35.5 Å². The summed E-state index contributed by atoms with van der Waals surface area (Å²) in [5.41, 5.74) is 2.82. The van der Waals surface area contributed by atoms with E-state index < -0.39 is 0 Å². The fraction of sp³-hybridized carbons (Fsp3) is 0.480. The fourth-order valence-corrected chi connectivity index (χ4v) is 5.56. The molecule has 174 valence electrons. The molecule has 2 fully saturated rings. The summed E-state index contributed by atoms with van der Waals surface area (Å²) < 4.78 is 0. The summed E-state index contributed by atoms with van der Waals surface area (Å²) in [4.78, 5) is 39.3. The molecule has 1 aromatic carbocycles. The molecule has 1 amide bonds. The Balaban J connectivity index is 1.17. The van der Waals surface area contributed by atoms with Crippen LogP contribution in [0, 0.1) is 19.8 Å². The van der Waals surface area contributed by atoms with E-state index in [1.165, 1.54) is 30.7 Å². The van der Waals surface area contributed by atoms with Gasteiger partial charge >= 0.3 is 0 Å². The number of hydrogen-bond donors (Lipinski definition) is 2. The van der Waals surface area contributed by atoms with E-state index in [9.17, 15) is 9.59 Å². The van der Waals surface area contributed by atoms with Crippen LogP contribution in [0.5, 0.6) is 0 Å². The number of nitrogens with one attached hydrogen (secondary N) is 2. The second-order valence-electron chi connectivity index (χ2n) is 9.31. The Kier molecular flexibility index (Phi) is 6.21. The fourth-order valence-electron chi connectivity index (χ4n) is 4.51. The molecule has 33 heavy (non-hydrogen) atoms. The Morgan fingerprint density at radius 2 is 2.00 bits per heavy atom. The number of rotatable bonds is 7. The first-order chi connectivity index (χ1) is 16.0. The van der Waals surface area contributed by atoms with Gasteiger partial charge in [-0.05, 0) is 56.4 Å². The average molecular weight is 466 g/mol. The first kappa shape index (κ1) is 22.1. The number of thiophene rings is 1. The molecule has 2 aromatic heterocycles. The predicted molar refractivity (Wildman–Crippen MR) is 134 cm³/mol. The molecule has 0 unspecified atom stereocenters. The predicted octanol–water partition coefficient (Wildman–Crippen LogP) is 3.70. The molecule has 0 atom stereocenters. The summed E-state index contributed by atoms with van der Waals surface area (Å²) in [6, 6.07) is 8.09. The maximum Gasteiger partial charge on any atom is 0.259 e. The number of aryl methyl sites for hydroxylation is 3. The highest BCUT2D eigenvalue weighted by molar-refractivity contribution is 7.18. The largest absolute Gasteiger partial charge is 0.369 e. The maximum atomic E-state index is 12.6. The van der Waals surface area contributed by atoms with E-state index in [-0.39, 0.29) is 17.9 Å². The van der Waals surface area contributed by atoms with E-state index in [1.54, 1.807) is 0 Å². The highest BCUT2D eigenvalue weighted by atomic mass is 32.1. The van der Waals surface area contributed by atoms with E-state index in [4.69, 9.17) is 0 Å². The number of piperazine rings is 1. The van der Waals surface area contributed by atoms with Gasteiger partial charge in [0.25, 0.3) is 5.56 Å². The summed E-state index contributed by atoms with van der Waals surface area (Å²) in [6.07, 6.45) is 3.46. The number of fused-ring (bicyclic) bond motifs is 1. The number of carbonyl (C=O) groups excluding carboxylic acids is 1. The van der Waals surface area contributed by atoms with Crippen LogP contribution < -0.4 is 15.8 Å². The Morgan fingerprint density at radius 1 is 1.21 bits per heavy atom. The van der Waals surface area contributed by atoms with Gasteiger partial charge in [-0.2, -0.15) is 0 Å². The molecule has 2 aliphatic rings. The molecule has 5 rings (SSSR count). The van der Waals surface area contributed by atoms with Gasteiger partial charge in [-0.15, -0.1) is 11.3 Å². The number of anilines is 2. The lowest BCUT2D eigenvalue weighted by Gasteiger charge is -2.36. The molecule has 7 nitrogen and oxygen atoms in total. The van der Waals surface area contributed by atoms with Crippen molar-refractivity contribution in [2.75, 3.05) is 42.9 Å². The van der Waals surface area contributed by atoms with E-state index in [1.807, 2.05) is 26.0 Å². The molecule has 1 saturated carbocycles. The second-order valence-corrected chi connectivity index (χ2v) is 10.5. The van der Waals surface area contributed by atoms with Crippen molar-refractivity contribution in [3.05, 3.63) is 50.9 Å². The van der Waals surface area contributed by atoms with Crippen LogP contribution >= 0.6 is 11.3 Å². The van der Waals surface area contributed by atoms with Crippen LogP contribution in [0.2, 0.25) is 0 Å². The highest BCUT2D eigenvalue weighted by Gasteiger charge is 2.26. The molecular formula is C25H31N5O2S. The topological polar surface area (TPSA) is 81.3 Å². The first-order valence-corrected chi connectivity index (χ1v) is 12.6. The van der Waals surface area contributed by atoms with Crippen molar-refractivity contribution < 1.29 is 4.79 Å². The van der Waals surface area contributed by atoms with Crippen LogP contribution in [0.4, 0.5) is 11.4 Å². The summed E-state index contributed by atoms with van der Waals surface area (Å²) in [7, 11) is 0. The number of H-pyrrole nitrogens is 1. The third-order valence-corrected chi connectivity index (χ3v) is 7.86. The van der Waals surface area contributed by atoms with Gasteiger partial charge in [-0.3, -0.25) is 14.5 Å². The van der Waals surface area contributed by atoms with Gasteiger partial charge in [-0.1, -0.05) is 6.07 Å². The van der Waals surface area contributed by atoms with Gasteiger partial charge in [0.1, 0.15) is 10.7 Å². The first-order valence-electron chi connectivity index (χ1n) is 11.8. The minimum atomic E-state index is -0.123. The zero-order valence-electron chi connectivity index (χ0n) is 19.3. The molecule has 3 heterocycles. The van der Waals surface area contributed by atoms with Crippen LogP contribution in [0.15, 0.2) is 29.1 Å². The van der Waals surface area contributed by atoms with Gasteiger partial charge in [0.05, 0.1) is 5.39 Å². The number of hydrogen-bond acceptors (Lipinski definition) is 6. The standard InChI is InChI=1S/C25H31N5O2S/c1-16-17(2)33-25-23(16)24(32)27-21(28-25)8-9-22(31)26-19-4-3-5-20(14-19)30-12-10-29(11-13-30)15-18-6-7-18/h3-5,14,18H,6-13,15H2,1-2H3,(H,26,31)(H,27,28,32). The number of amides is 1. The molecule has 1 saturated heterocycles. The zero-order valence-corrected chi connectivity index (χ0v) is 20.1. The third-order valence-electron chi connectivity index (χ3n) is 6.76. The lowest BCUT2D eigenvalue weighted by atomic mass is 10.2. The quantitative estimate of drug-likeness (QED) is 0.556. The molecule has 0 bridgehead atoms. The SMILES string of the molecule is Cc1sc2nc(CCC(=O)Nc3cccc(N4CCN(CC5CC5)CC4)c3)[nH]c(=O)c2c1C. The smallest absolute Gasteiger partial charge is 0.259 e. The number of aromatic amines is 1. The van der Waals surface area contributed by atoms with Crippen molar-refractivity contribution in [2.24, 2.45) is 5.92 Å². The molecular weight excluding hydrogens is 434 g/mol. The van der Waals surface area contributed by atoms with Crippen LogP contribution in [-0.4, -0.2) is 53.5 Å². The molecule has 1 aliphatic carbocycles. The third kappa shape index (κ3) is 5.12. The summed E-state index contributed by atoms with van der Waals surface area (Å²) >= 11 is 1.53. The van der Waals surface area contributed by atoms with Crippen LogP contribution in [0.3, 0.4) is 0 Å². The lowest BCUT2D eigenvalue weighted by molar-refractivity contribution is -0.116. The molecule has 1 aliphatic heterocycles. The van der Waals surface area contributed by atoms with Crippen molar-refractivity contribution in [2.45, 2.75) is 39.5 Å². The Morgan fingerprint density at radius 3 is 2.76 bits per heavy atom. The van der Waals surface area contributed by atoms with Gasteiger partial charge in [-0.25, -0.2) is 4.98 Å². The van der Waals surface area contributed by atoms with Crippen molar-refractivity contribution in [1.29, 1.82) is 0 Å². The van der Waals surface area contributed by atoms with Gasteiger partial charge < -0.3 is 15.2 Å². The summed E-state index contributed by atoms with van der Waals surface area (Å²) in [5.74, 6) is 1.41. The molecule has 0 radical (unpaired) electrons. The number of carbonyl (C=O) groups is 1. The van der Waals surface area contributed by atoms with E-state index in [2.05, 4.69) is 37.2 Å². The average Bonchev–Trinajstić information content (AvgIpc) is 3.56. The molecule has 2 N–H and O–H groups in total. The number of nitrogens with zero attached hydrogens (tertiary/aromatic N) is 3. The van der Waals surface area contributed by atoms with Gasteiger partial charge in [0.15, 0.2) is 0 Å². The summed E-state index contributed by atoms with van der Waals surface area (Å²) in [6.45, 7) is 9.44. The minimum absolute atomic E-state index is 0.0808. The maximum absolute atomic E-state index is 12.6. The Bertz CT molecular complexity index is 1220. The Hall–Kier alpha value is -2.71. The van der Waals surface area contributed by atoms with Crippen molar-refractivity contribution >= 4 is 38.8 Å². The van der Waals surface area contributed by atoms with Gasteiger partial charge in [0, 0.05) is 61.8 Å². The summed E-state index contributed by atoms with van der Waals surface area (Å²) in [5, 5.41) is 3.67. The van der Waals surface area contributed by atoms with Gasteiger partial charge in [0.2, 0.25) is 5.91 Å². The van der Waals surface area contributed by atoms with E-state index >= 15 is 0 Å². The van der Waals surface area contributed by atoms with E-state index in [0.29, 0.717) is 17.6 Å². The second kappa shape index (κ2) is 9.27. The zero-order chi connectivity index (χ0) is 22.9.